The van der Waals surface area contributed by atoms with Gasteiger partial charge in [0.05, 0.1) is 12.7 Å². The molecule has 0 bridgehead atoms. The number of ether oxygens (including phenoxy) is 1. The van der Waals surface area contributed by atoms with Crippen molar-refractivity contribution in [3.63, 3.8) is 0 Å². The molecule has 1 saturated carbocycles. The third-order valence-electron chi connectivity index (χ3n) is 3.31. The van der Waals surface area contributed by atoms with Crippen LogP contribution >= 0.6 is 0 Å². The average molecular weight is 214 g/mol. The van der Waals surface area contributed by atoms with Crippen LogP contribution in [0.1, 0.15) is 18.4 Å². The van der Waals surface area contributed by atoms with Crippen LogP contribution in [0.15, 0.2) is 36.4 Å². The SMILES string of the molecule is COc1ccc2cc(C3(O)CC3)ccc2c1. The highest BCUT2D eigenvalue weighted by Gasteiger charge is 2.41. The van der Waals surface area contributed by atoms with E-state index in [1.807, 2.05) is 30.3 Å². The number of methoxy groups -OCH3 is 1. The standard InChI is InChI=1S/C14H14O2/c1-16-13-5-3-10-8-12(14(15)6-7-14)4-2-11(10)9-13/h2-5,8-9,15H,6-7H2,1H3. The van der Waals surface area contributed by atoms with Gasteiger partial charge in [-0.15, -0.1) is 0 Å². The van der Waals surface area contributed by atoms with Crippen molar-refractivity contribution in [3.05, 3.63) is 42.0 Å². The predicted octanol–water partition coefficient (Wildman–Crippen LogP) is 2.83. The smallest absolute Gasteiger partial charge is 0.119 e. The van der Waals surface area contributed by atoms with Crippen molar-refractivity contribution in [2.24, 2.45) is 0 Å². The van der Waals surface area contributed by atoms with Crippen LogP contribution in [-0.2, 0) is 5.60 Å². The number of aliphatic hydroxyl groups is 1. The van der Waals surface area contributed by atoms with E-state index in [4.69, 9.17) is 4.74 Å². The molecule has 2 nitrogen and oxygen atoms in total. The van der Waals surface area contributed by atoms with Gasteiger partial charge < -0.3 is 9.84 Å². The summed E-state index contributed by atoms with van der Waals surface area (Å²) in [6.07, 6.45) is 1.77. The van der Waals surface area contributed by atoms with Crippen molar-refractivity contribution in [3.8, 4) is 5.75 Å². The molecule has 2 aromatic carbocycles. The molecule has 0 aliphatic heterocycles. The van der Waals surface area contributed by atoms with Crippen molar-refractivity contribution < 1.29 is 9.84 Å². The van der Waals surface area contributed by atoms with Gasteiger partial charge in [0, 0.05) is 0 Å². The highest BCUT2D eigenvalue weighted by atomic mass is 16.5. The molecule has 2 aromatic rings. The van der Waals surface area contributed by atoms with Crippen LogP contribution in [-0.4, -0.2) is 12.2 Å². The van der Waals surface area contributed by atoms with E-state index in [-0.39, 0.29) is 0 Å². The minimum atomic E-state index is -0.548. The molecule has 0 unspecified atom stereocenters. The first-order valence-electron chi connectivity index (χ1n) is 5.52. The molecule has 0 heterocycles. The van der Waals surface area contributed by atoms with Gasteiger partial charge in [-0.3, -0.25) is 0 Å². The maximum Gasteiger partial charge on any atom is 0.119 e. The molecular weight excluding hydrogens is 200 g/mol. The van der Waals surface area contributed by atoms with E-state index in [0.29, 0.717) is 0 Å². The van der Waals surface area contributed by atoms with Crippen LogP contribution in [0.5, 0.6) is 5.75 Å². The molecular formula is C14H14O2. The molecule has 2 heteroatoms. The normalized spacial score (nSPS) is 17.4. The Labute approximate surface area is 94.5 Å². The first-order valence-corrected chi connectivity index (χ1v) is 5.52. The quantitative estimate of drug-likeness (QED) is 0.833. The number of hydrogen-bond acceptors (Lipinski definition) is 2. The van der Waals surface area contributed by atoms with E-state index >= 15 is 0 Å². The van der Waals surface area contributed by atoms with Gasteiger partial charge in [0.15, 0.2) is 0 Å². The Balaban J connectivity index is 2.12. The Bertz CT molecular complexity index is 541. The summed E-state index contributed by atoms with van der Waals surface area (Å²) in [6.45, 7) is 0. The highest BCUT2D eigenvalue weighted by molar-refractivity contribution is 5.84. The third kappa shape index (κ3) is 1.46. The second-order valence-corrected chi connectivity index (χ2v) is 4.46. The Morgan fingerprint density at radius 1 is 1.06 bits per heavy atom. The van der Waals surface area contributed by atoms with E-state index in [2.05, 4.69) is 6.07 Å². The molecule has 0 radical (unpaired) electrons. The molecule has 1 N–H and O–H groups in total. The molecule has 82 valence electrons. The fourth-order valence-electron chi connectivity index (χ4n) is 2.05. The fourth-order valence-corrected chi connectivity index (χ4v) is 2.05. The minimum Gasteiger partial charge on any atom is -0.497 e. The first kappa shape index (κ1) is 9.67. The third-order valence-corrected chi connectivity index (χ3v) is 3.31. The van der Waals surface area contributed by atoms with Crippen LogP contribution in [0.4, 0.5) is 0 Å². The summed E-state index contributed by atoms with van der Waals surface area (Å²) in [6, 6.07) is 12.1. The summed E-state index contributed by atoms with van der Waals surface area (Å²) in [5.74, 6) is 0.866. The predicted molar refractivity (Wildman–Crippen MR) is 63.6 cm³/mol. The molecule has 16 heavy (non-hydrogen) atoms. The molecule has 0 atom stereocenters. The Morgan fingerprint density at radius 2 is 1.75 bits per heavy atom. The molecule has 1 fully saturated rings. The lowest BCUT2D eigenvalue weighted by atomic mass is 10.0. The summed E-state index contributed by atoms with van der Waals surface area (Å²) in [7, 11) is 1.67. The van der Waals surface area contributed by atoms with Crippen molar-refractivity contribution in [1.29, 1.82) is 0 Å². The number of fused-ring (bicyclic) bond motifs is 1. The Hall–Kier alpha value is -1.54. The van der Waals surface area contributed by atoms with Gasteiger partial charge in [-0.1, -0.05) is 18.2 Å². The lowest BCUT2D eigenvalue weighted by molar-refractivity contribution is 0.151. The first-order chi connectivity index (χ1) is 7.71. The van der Waals surface area contributed by atoms with E-state index in [9.17, 15) is 5.11 Å². The van der Waals surface area contributed by atoms with Crippen molar-refractivity contribution in [1.82, 2.24) is 0 Å². The molecule has 1 aliphatic rings. The van der Waals surface area contributed by atoms with Gasteiger partial charge in [0.2, 0.25) is 0 Å². The molecule has 0 amide bonds. The van der Waals surface area contributed by atoms with Gasteiger partial charge in [-0.2, -0.15) is 0 Å². The molecule has 0 aromatic heterocycles. The second kappa shape index (κ2) is 3.22. The van der Waals surface area contributed by atoms with Gasteiger partial charge >= 0.3 is 0 Å². The Kier molecular flexibility index (Phi) is 1.95. The highest BCUT2D eigenvalue weighted by Crippen LogP contribution is 2.45. The van der Waals surface area contributed by atoms with E-state index in [1.54, 1.807) is 7.11 Å². The lowest BCUT2D eigenvalue weighted by Crippen LogP contribution is -2.03. The lowest BCUT2D eigenvalue weighted by Gasteiger charge is -2.09. The van der Waals surface area contributed by atoms with E-state index in [0.717, 1.165) is 34.9 Å². The minimum absolute atomic E-state index is 0.548. The molecule has 0 saturated heterocycles. The van der Waals surface area contributed by atoms with Crippen LogP contribution in [0, 0.1) is 0 Å². The van der Waals surface area contributed by atoms with Crippen molar-refractivity contribution in [2.75, 3.05) is 7.11 Å². The summed E-state index contributed by atoms with van der Waals surface area (Å²) in [5, 5.41) is 12.3. The monoisotopic (exact) mass is 214 g/mol. The van der Waals surface area contributed by atoms with Gasteiger partial charge in [0.1, 0.15) is 5.75 Å². The number of benzene rings is 2. The average Bonchev–Trinajstić information content (AvgIpc) is 3.07. The van der Waals surface area contributed by atoms with Crippen LogP contribution in [0.2, 0.25) is 0 Å². The van der Waals surface area contributed by atoms with Gasteiger partial charge in [-0.05, 0) is 47.4 Å². The summed E-state index contributed by atoms with van der Waals surface area (Å²) >= 11 is 0. The van der Waals surface area contributed by atoms with Crippen LogP contribution < -0.4 is 4.74 Å². The molecule has 3 rings (SSSR count). The second-order valence-electron chi connectivity index (χ2n) is 4.46. The van der Waals surface area contributed by atoms with Crippen LogP contribution in [0.3, 0.4) is 0 Å². The topological polar surface area (TPSA) is 29.5 Å². The fraction of sp³-hybridized carbons (Fsp3) is 0.286. The summed E-state index contributed by atoms with van der Waals surface area (Å²) < 4.78 is 5.18. The zero-order valence-corrected chi connectivity index (χ0v) is 9.23. The van der Waals surface area contributed by atoms with Crippen molar-refractivity contribution in [2.45, 2.75) is 18.4 Å². The van der Waals surface area contributed by atoms with Crippen molar-refractivity contribution >= 4 is 10.8 Å². The van der Waals surface area contributed by atoms with E-state index in [1.165, 1.54) is 0 Å². The largest absolute Gasteiger partial charge is 0.497 e. The van der Waals surface area contributed by atoms with Gasteiger partial charge in [-0.25, -0.2) is 0 Å². The maximum absolute atomic E-state index is 10.0. The van der Waals surface area contributed by atoms with Gasteiger partial charge in [0.25, 0.3) is 0 Å². The number of hydrogen-bond donors (Lipinski definition) is 1. The number of rotatable bonds is 2. The zero-order valence-electron chi connectivity index (χ0n) is 9.23. The van der Waals surface area contributed by atoms with Crippen LogP contribution in [0.25, 0.3) is 10.8 Å². The summed E-state index contributed by atoms with van der Waals surface area (Å²) in [4.78, 5) is 0. The molecule has 0 spiro atoms. The summed E-state index contributed by atoms with van der Waals surface area (Å²) in [5.41, 5.74) is 0.485. The van der Waals surface area contributed by atoms with E-state index < -0.39 is 5.60 Å². The zero-order chi connectivity index (χ0) is 11.2. The Morgan fingerprint density at radius 3 is 2.44 bits per heavy atom. The maximum atomic E-state index is 10.0. The molecule has 1 aliphatic carbocycles.